The highest BCUT2D eigenvalue weighted by molar-refractivity contribution is 5.95. The quantitative estimate of drug-likeness (QED) is 0.384. The van der Waals surface area contributed by atoms with Crippen LogP contribution in [-0.4, -0.2) is 38.7 Å². The summed E-state index contributed by atoms with van der Waals surface area (Å²) in [5.41, 5.74) is 9.25. The Morgan fingerprint density at radius 1 is 1.27 bits per heavy atom. The van der Waals surface area contributed by atoms with E-state index in [1.807, 2.05) is 6.07 Å². The third-order valence-corrected chi connectivity index (χ3v) is 3.27. The molecule has 0 saturated carbocycles. The molecule has 6 heteroatoms. The summed E-state index contributed by atoms with van der Waals surface area (Å²) in [7, 11) is 1.59. The fourth-order valence-electron chi connectivity index (χ4n) is 2.08. The van der Waals surface area contributed by atoms with Crippen molar-refractivity contribution in [2.75, 3.05) is 32.1 Å². The number of nitrogens with one attached hydrogen (secondary N) is 2. The highest BCUT2D eigenvalue weighted by Crippen LogP contribution is 2.22. The fraction of sp³-hybridized carbons (Fsp3) is 0.500. The maximum Gasteiger partial charge on any atom is 0.241 e. The average molecular weight is 306 g/mol. The van der Waals surface area contributed by atoms with Crippen molar-refractivity contribution >= 4 is 17.6 Å². The van der Waals surface area contributed by atoms with Gasteiger partial charge in [0.25, 0.3) is 0 Å². The van der Waals surface area contributed by atoms with E-state index < -0.39 is 0 Å². The monoisotopic (exact) mass is 306 g/mol. The highest BCUT2D eigenvalue weighted by Gasteiger charge is 2.07. The lowest BCUT2D eigenvalue weighted by Gasteiger charge is -2.14. The lowest BCUT2D eigenvalue weighted by molar-refractivity contribution is -0.119. The van der Waals surface area contributed by atoms with Crippen LogP contribution in [0.25, 0.3) is 0 Å². The molecule has 0 unspecified atom stereocenters. The molecule has 1 amide bonds. The maximum absolute atomic E-state index is 11.6. The van der Waals surface area contributed by atoms with Gasteiger partial charge in [-0.25, -0.2) is 4.99 Å². The molecule has 0 aliphatic rings. The number of carbonyl (C=O) groups excluding carboxylic acids is 1. The van der Waals surface area contributed by atoms with E-state index in [0.29, 0.717) is 13.2 Å². The Morgan fingerprint density at radius 2 is 1.91 bits per heavy atom. The lowest BCUT2D eigenvalue weighted by atomic mass is 10.0. The van der Waals surface area contributed by atoms with Crippen LogP contribution >= 0.6 is 0 Å². The molecule has 1 aromatic rings. The summed E-state index contributed by atoms with van der Waals surface area (Å²) < 4.78 is 4.86. The summed E-state index contributed by atoms with van der Waals surface area (Å²) in [5, 5.41) is 5.82. The van der Waals surface area contributed by atoms with E-state index >= 15 is 0 Å². The first kappa shape index (κ1) is 18.0. The van der Waals surface area contributed by atoms with Gasteiger partial charge in [-0.3, -0.25) is 4.79 Å². The number of carbonyl (C=O) groups is 1. The Morgan fingerprint density at radius 3 is 2.45 bits per heavy atom. The van der Waals surface area contributed by atoms with Gasteiger partial charge in [0.15, 0.2) is 5.96 Å². The minimum atomic E-state index is -0.179. The van der Waals surface area contributed by atoms with Crippen molar-refractivity contribution in [3.05, 3.63) is 29.3 Å². The second-order valence-corrected chi connectivity index (χ2v) is 4.83. The lowest BCUT2D eigenvalue weighted by Crippen LogP contribution is -2.31. The first-order valence-electron chi connectivity index (χ1n) is 7.55. The molecule has 0 saturated heterocycles. The van der Waals surface area contributed by atoms with Crippen LogP contribution in [0.15, 0.2) is 23.2 Å². The number of guanidine groups is 1. The molecule has 0 radical (unpaired) electrons. The van der Waals surface area contributed by atoms with Gasteiger partial charge < -0.3 is 21.1 Å². The highest BCUT2D eigenvalue weighted by atomic mass is 16.5. The summed E-state index contributed by atoms with van der Waals surface area (Å²) in [6, 6.07) is 6.16. The van der Waals surface area contributed by atoms with Crippen LogP contribution < -0.4 is 16.4 Å². The molecule has 1 rings (SSSR count). The van der Waals surface area contributed by atoms with Crippen molar-refractivity contribution in [2.24, 2.45) is 10.7 Å². The van der Waals surface area contributed by atoms with E-state index in [1.54, 1.807) is 7.11 Å². The molecule has 0 aromatic heterocycles. The van der Waals surface area contributed by atoms with Crippen LogP contribution in [0.3, 0.4) is 0 Å². The SMILES string of the molecule is CCc1cccc(CC)c1NC(N)=NCC(=O)NCCOC. The third kappa shape index (κ3) is 5.73. The van der Waals surface area contributed by atoms with Gasteiger partial charge in [-0.2, -0.15) is 0 Å². The minimum absolute atomic E-state index is 0.00169. The van der Waals surface area contributed by atoms with E-state index in [4.69, 9.17) is 10.5 Å². The van der Waals surface area contributed by atoms with Crippen LogP contribution in [0.5, 0.6) is 0 Å². The first-order chi connectivity index (χ1) is 10.6. The summed E-state index contributed by atoms with van der Waals surface area (Å²) in [6.45, 7) is 5.13. The van der Waals surface area contributed by atoms with Gasteiger partial charge in [-0.05, 0) is 24.0 Å². The second-order valence-electron chi connectivity index (χ2n) is 4.83. The zero-order chi connectivity index (χ0) is 16.4. The summed E-state index contributed by atoms with van der Waals surface area (Å²) >= 11 is 0. The molecule has 4 N–H and O–H groups in total. The number of rotatable bonds is 8. The number of nitrogens with two attached hydrogens (primary N) is 1. The Bertz CT molecular complexity index is 493. The molecular weight excluding hydrogens is 280 g/mol. The van der Waals surface area contributed by atoms with Crippen LogP contribution in [0.4, 0.5) is 5.69 Å². The Labute approximate surface area is 132 Å². The topological polar surface area (TPSA) is 88.7 Å². The standard InChI is InChI=1S/C16H26N4O2/c1-4-12-7-6-8-13(5-2)15(12)20-16(17)19-11-14(21)18-9-10-22-3/h6-8H,4-5,9-11H2,1-3H3,(H,18,21)(H3,17,19,20). The van der Waals surface area contributed by atoms with Gasteiger partial charge in [0.05, 0.1) is 6.61 Å². The predicted octanol–water partition coefficient (Wildman–Crippen LogP) is 1.30. The average Bonchev–Trinajstić information content (AvgIpc) is 2.53. The molecule has 0 aliphatic carbocycles. The van der Waals surface area contributed by atoms with Crippen molar-refractivity contribution < 1.29 is 9.53 Å². The Hall–Kier alpha value is -2.08. The predicted molar refractivity (Wildman–Crippen MR) is 90.2 cm³/mol. The molecule has 0 bridgehead atoms. The number of para-hydroxylation sites is 1. The van der Waals surface area contributed by atoms with Gasteiger partial charge in [-0.15, -0.1) is 0 Å². The fourth-order valence-corrected chi connectivity index (χ4v) is 2.08. The molecule has 0 atom stereocenters. The van der Waals surface area contributed by atoms with Crippen LogP contribution in [-0.2, 0) is 22.4 Å². The normalized spacial score (nSPS) is 11.3. The zero-order valence-electron chi connectivity index (χ0n) is 13.6. The third-order valence-electron chi connectivity index (χ3n) is 3.27. The molecular formula is C16H26N4O2. The molecule has 122 valence electrons. The number of methoxy groups -OCH3 is 1. The minimum Gasteiger partial charge on any atom is -0.383 e. The number of aryl methyl sites for hydroxylation is 2. The molecule has 0 aliphatic heterocycles. The first-order valence-corrected chi connectivity index (χ1v) is 7.55. The number of benzene rings is 1. The van der Waals surface area contributed by atoms with Gasteiger partial charge in [-0.1, -0.05) is 32.0 Å². The largest absolute Gasteiger partial charge is 0.383 e. The molecule has 22 heavy (non-hydrogen) atoms. The summed E-state index contributed by atoms with van der Waals surface area (Å²) in [4.78, 5) is 15.6. The molecule has 1 aromatic carbocycles. The number of hydrogen-bond donors (Lipinski definition) is 3. The van der Waals surface area contributed by atoms with Crippen molar-refractivity contribution in [3.8, 4) is 0 Å². The number of nitrogens with zero attached hydrogens (tertiary/aromatic N) is 1. The van der Waals surface area contributed by atoms with Crippen LogP contribution in [0, 0.1) is 0 Å². The Kier molecular flexibility index (Phi) is 7.99. The van der Waals surface area contributed by atoms with Crippen molar-refractivity contribution in [1.82, 2.24) is 5.32 Å². The van der Waals surface area contributed by atoms with Gasteiger partial charge in [0.2, 0.25) is 5.91 Å². The van der Waals surface area contributed by atoms with E-state index in [2.05, 4.69) is 41.6 Å². The number of aliphatic imine (C=N–C) groups is 1. The van der Waals surface area contributed by atoms with Crippen molar-refractivity contribution in [1.29, 1.82) is 0 Å². The van der Waals surface area contributed by atoms with Gasteiger partial charge >= 0.3 is 0 Å². The maximum atomic E-state index is 11.6. The summed E-state index contributed by atoms with van der Waals surface area (Å²) in [5.74, 6) is 0.0683. The number of anilines is 1. The summed E-state index contributed by atoms with van der Waals surface area (Å²) in [6.07, 6.45) is 1.81. The van der Waals surface area contributed by atoms with E-state index in [1.165, 1.54) is 11.1 Å². The van der Waals surface area contributed by atoms with Crippen LogP contribution in [0.1, 0.15) is 25.0 Å². The smallest absolute Gasteiger partial charge is 0.241 e. The van der Waals surface area contributed by atoms with Crippen molar-refractivity contribution in [3.63, 3.8) is 0 Å². The number of ether oxygens (including phenoxy) is 1. The number of hydrogen-bond acceptors (Lipinski definition) is 3. The molecule has 0 fully saturated rings. The zero-order valence-corrected chi connectivity index (χ0v) is 13.6. The van der Waals surface area contributed by atoms with Gasteiger partial charge in [0.1, 0.15) is 6.54 Å². The molecule has 0 heterocycles. The van der Waals surface area contributed by atoms with Crippen LogP contribution in [0.2, 0.25) is 0 Å². The molecule has 6 nitrogen and oxygen atoms in total. The second kappa shape index (κ2) is 9.78. The number of amides is 1. The molecule has 0 spiro atoms. The van der Waals surface area contributed by atoms with E-state index in [9.17, 15) is 4.79 Å². The van der Waals surface area contributed by atoms with Gasteiger partial charge in [0, 0.05) is 19.3 Å². The van der Waals surface area contributed by atoms with E-state index in [0.717, 1.165) is 18.5 Å². The van der Waals surface area contributed by atoms with Crippen molar-refractivity contribution in [2.45, 2.75) is 26.7 Å². The van der Waals surface area contributed by atoms with E-state index in [-0.39, 0.29) is 18.4 Å². The Balaban J connectivity index is 2.66.